The van der Waals surface area contributed by atoms with Crippen molar-refractivity contribution in [3.8, 4) is 0 Å². The van der Waals surface area contributed by atoms with E-state index >= 15 is 0 Å². The summed E-state index contributed by atoms with van der Waals surface area (Å²) in [5.41, 5.74) is -0.682. The summed E-state index contributed by atoms with van der Waals surface area (Å²) in [6, 6.07) is 0.535. The highest BCUT2D eigenvalue weighted by Crippen LogP contribution is 2.28. The van der Waals surface area contributed by atoms with Crippen LogP contribution < -0.4 is 5.32 Å². The molecule has 17 heavy (non-hydrogen) atoms. The third kappa shape index (κ3) is 3.46. The van der Waals surface area contributed by atoms with Crippen LogP contribution in [-0.2, 0) is 12.7 Å². The van der Waals surface area contributed by atoms with Gasteiger partial charge in [0, 0.05) is 18.8 Å². The first-order chi connectivity index (χ1) is 8.05. The number of nitrogens with zero attached hydrogens (tertiary/aromatic N) is 2. The summed E-state index contributed by atoms with van der Waals surface area (Å²) in [5.74, 6) is 0. The molecule has 1 aliphatic rings. The molecule has 0 saturated heterocycles. The minimum absolute atomic E-state index is 0.479. The van der Waals surface area contributed by atoms with Gasteiger partial charge in [-0.05, 0) is 12.8 Å². The lowest BCUT2D eigenvalue weighted by molar-refractivity contribution is -0.137. The van der Waals surface area contributed by atoms with Crippen LogP contribution in [0.2, 0.25) is 0 Å². The molecule has 0 radical (unpaired) electrons. The van der Waals surface area contributed by atoms with Gasteiger partial charge in [-0.1, -0.05) is 12.8 Å². The second-order valence-corrected chi connectivity index (χ2v) is 4.43. The molecule has 3 nitrogen and oxygen atoms in total. The van der Waals surface area contributed by atoms with Crippen LogP contribution in [0.1, 0.15) is 31.2 Å². The van der Waals surface area contributed by atoms with Crippen molar-refractivity contribution in [2.45, 2.75) is 44.4 Å². The average Bonchev–Trinajstić information content (AvgIpc) is 2.86. The number of halogens is 3. The smallest absolute Gasteiger partial charge is 0.312 e. The van der Waals surface area contributed by atoms with E-state index in [1.807, 2.05) is 0 Å². The largest absolute Gasteiger partial charge is 0.419 e. The Balaban J connectivity index is 1.77. The van der Waals surface area contributed by atoms with Crippen LogP contribution in [-0.4, -0.2) is 22.4 Å². The zero-order valence-corrected chi connectivity index (χ0v) is 9.50. The normalized spacial score (nSPS) is 17.8. The van der Waals surface area contributed by atoms with Crippen molar-refractivity contribution in [2.75, 3.05) is 6.54 Å². The minimum atomic E-state index is -4.29. The average molecular weight is 247 g/mol. The van der Waals surface area contributed by atoms with Gasteiger partial charge in [0.2, 0.25) is 0 Å². The van der Waals surface area contributed by atoms with Crippen LogP contribution in [0.5, 0.6) is 0 Å². The molecule has 1 fully saturated rings. The van der Waals surface area contributed by atoms with Crippen molar-refractivity contribution in [3.63, 3.8) is 0 Å². The molecule has 0 atom stereocenters. The summed E-state index contributed by atoms with van der Waals surface area (Å²) < 4.78 is 38.2. The lowest BCUT2D eigenvalue weighted by atomic mass is 10.2. The summed E-state index contributed by atoms with van der Waals surface area (Å²) >= 11 is 0. The Morgan fingerprint density at radius 3 is 2.65 bits per heavy atom. The first kappa shape index (κ1) is 12.4. The van der Waals surface area contributed by atoms with Crippen molar-refractivity contribution < 1.29 is 13.2 Å². The molecular weight excluding hydrogens is 231 g/mol. The third-order valence-corrected chi connectivity index (χ3v) is 3.09. The van der Waals surface area contributed by atoms with Gasteiger partial charge in [0.05, 0.1) is 18.3 Å². The molecular formula is C11H16F3N3. The summed E-state index contributed by atoms with van der Waals surface area (Å²) in [6.07, 6.45) is 2.47. The Hall–Kier alpha value is -1.04. The number of alkyl halides is 3. The summed E-state index contributed by atoms with van der Waals surface area (Å²) in [6.45, 7) is 1.15. The molecule has 0 unspecified atom stereocenters. The van der Waals surface area contributed by atoms with Gasteiger partial charge in [-0.25, -0.2) is 0 Å². The molecule has 0 amide bonds. The van der Waals surface area contributed by atoms with Gasteiger partial charge >= 0.3 is 6.18 Å². The molecule has 1 N–H and O–H groups in total. The molecule has 0 bridgehead atoms. The maximum absolute atomic E-state index is 12.3. The number of nitrogens with one attached hydrogen (secondary N) is 1. The predicted molar refractivity (Wildman–Crippen MR) is 57.5 cm³/mol. The van der Waals surface area contributed by atoms with E-state index in [9.17, 15) is 13.2 Å². The van der Waals surface area contributed by atoms with Gasteiger partial charge in [0.25, 0.3) is 0 Å². The first-order valence-corrected chi connectivity index (χ1v) is 5.89. The third-order valence-electron chi connectivity index (χ3n) is 3.09. The summed E-state index contributed by atoms with van der Waals surface area (Å²) in [4.78, 5) is 0. The van der Waals surface area contributed by atoms with E-state index in [0.29, 0.717) is 19.1 Å². The zero-order valence-electron chi connectivity index (χ0n) is 9.50. The molecule has 2 rings (SSSR count). The highest BCUT2D eigenvalue weighted by Gasteiger charge is 2.32. The number of rotatable bonds is 4. The second-order valence-electron chi connectivity index (χ2n) is 4.43. The fourth-order valence-corrected chi connectivity index (χ4v) is 2.15. The van der Waals surface area contributed by atoms with Crippen LogP contribution in [0.15, 0.2) is 12.4 Å². The Labute approximate surface area is 98.0 Å². The standard InChI is InChI=1S/C11H16F3N3/c12-11(13,14)9-7-16-17(8-9)6-5-15-10-3-1-2-4-10/h7-8,10,15H,1-6H2. The molecule has 0 spiro atoms. The van der Waals surface area contributed by atoms with E-state index in [-0.39, 0.29) is 0 Å². The van der Waals surface area contributed by atoms with Crippen LogP contribution in [0.3, 0.4) is 0 Å². The fraction of sp³-hybridized carbons (Fsp3) is 0.727. The van der Waals surface area contributed by atoms with Crippen molar-refractivity contribution in [2.24, 2.45) is 0 Å². The Kier molecular flexibility index (Phi) is 3.71. The van der Waals surface area contributed by atoms with E-state index in [1.165, 1.54) is 30.4 Å². The molecule has 1 heterocycles. The Morgan fingerprint density at radius 2 is 2.06 bits per heavy atom. The SMILES string of the molecule is FC(F)(F)c1cnn(CCNC2CCCC2)c1. The maximum atomic E-state index is 12.3. The van der Waals surface area contributed by atoms with Gasteiger partial charge in [0.1, 0.15) is 0 Å². The second kappa shape index (κ2) is 5.08. The number of aromatic nitrogens is 2. The maximum Gasteiger partial charge on any atom is 0.419 e. The zero-order chi connectivity index (χ0) is 12.3. The van der Waals surface area contributed by atoms with E-state index in [1.54, 1.807) is 0 Å². The topological polar surface area (TPSA) is 29.9 Å². The van der Waals surface area contributed by atoms with Crippen LogP contribution >= 0.6 is 0 Å². The highest BCUT2D eigenvalue weighted by atomic mass is 19.4. The molecule has 1 aliphatic carbocycles. The van der Waals surface area contributed by atoms with Crippen molar-refractivity contribution in [3.05, 3.63) is 18.0 Å². The molecule has 0 aliphatic heterocycles. The van der Waals surface area contributed by atoms with E-state index in [0.717, 1.165) is 12.4 Å². The van der Waals surface area contributed by atoms with Gasteiger partial charge < -0.3 is 5.32 Å². The van der Waals surface area contributed by atoms with Crippen molar-refractivity contribution in [1.82, 2.24) is 15.1 Å². The van der Waals surface area contributed by atoms with Gasteiger partial charge in [-0.15, -0.1) is 0 Å². The predicted octanol–water partition coefficient (Wildman–Crippen LogP) is 2.43. The van der Waals surface area contributed by atoms with Crippen LogP contribution in [0, 0.1) is 0 Å². The lowest BCUT2D eigenvalue weighted by Crippen LogP contribution is -2.29. The molecule has 1 aromatic rings. The number of hydrogen-bond acceptors (Lipinski definition) is 2. The molecule has 1 aromatic heterocycles. The lowest BCUT2D eigenvalue weighted by Gasteiger charge is -2.11. The highest BCUT2D eigenvalue weighted by molar-refractivity contribution is 5.08. The van der Waals surface area contributed by atoms with Gasteiger partial charge in [0.15, 0.2) is 0 Å². The van der Waals surface area contributed by atoms with Gasteiger partial charge in [-0.2, -0.15) is 18.3 Å². The first-order valence-electron chi connectivity index (χ1n) is 5.89. The van der Waals surface area contributed by atoms with Crippen molar-refractivity contribution >= 4 is 0 Å². The minimum Gasteiger partial charge on any atom is -0.312 e. The molecule has 6 heteroatoms. The van der Waals surface area contributed by atoms with E-state index in [2.05, 4.69) is 10.4 Å². The fourth-order valence-electron chi connectivity index (χ4n) is 2.15. The Bertz CT molecular complexity index is 353. The quantitative estimate of drug-likeness (QED) is 0.885. The summed E-state index contributed by atoms with van der Waals surface area (Å²) in [7, 11) is 0. The monoisotopic (exact) mass is 247 g/mol. The number of hydrogen-bond donors (Lipinski definition) is 1. The van der Waals surface area contributed by atoms with E-state index < -0.39 is 11.7 Å². The molecule has 96 valence electrons. The van der Waals surface area contributed by atoms with E-state index in [4.69, 9.17) is 0 Å². The molecule has 1 saturated carbocycles. The summed E-state index contributed by atoms with van der Waals surface area (Å²) in [5, 5.41) is 7.04. The van der Waals surface area contributed by atoms with Crippen LogP contribution in [0.4, 0.5) is 13.2 Å². The van der Waals surface area contributed by atoms with Gasteiger partial charge in [-0.3, -0.25) is 4.68 Å². The molecule has 0 aromatic carbocycles. The Morgan fingerprint density at radius 1 is 1.35 bits per heavy atom. The van der Waals surface area contributed by atoms with Crippen LogP contribution in [0.25, 0.3) is 0 Å². The van der Waals surface area contributed by atoms with Crippen molar-refractivity contribution in [1.29, 1.82) is 0 Å².